The molecule has 5 rings (SSSR count). The van der Waals surface area contributed by atoms with E-state index in [1.807, 2.05) is 31.2 Å². The van der Waals surface area contributed by atoms with Gasteiger partial charge in [0.2, 0.25) is 0 Å². The minimum Gasteiger partial charge on any atom is -0.486 e. The van der Waals surface area contributed by atoms with Crippen molar-refractivity contribution < 1.29 is 9.13 Å². The van der Waals surface area contributed by atoms with E-state index in [0.717, 1.165) is 61.8 Å². The molecule has 184 valence electrons. The number of benzene rings is 3. The SMILES string of the molecule is C=C(N/C(=C\C)c1ccc(-c2ccc3c(c2)COc2c-3ccc3[nH]c(C(C)C)nc23)cc1F)C(C)C. The van der Waals surface area contributed by atoms with E-state index in [9.17, 15) is 0 Å². The number of aromatic nitrogens is 2. The van der Waals surface area contributed by atoms with Crippen LogP contribution in [-0.2, 0) is 6.61 Å². The molecule has 0 atom stereocenters. The number of hydrogen-bond donors (Lipinski definition) is 2. The third kappa shape index (κ3) is 4.19. The number of fused-ring (bicyclic) bond motifs is 5. The topological polar surface area (TPSA) is 49.9 Å². The number of aromatic amines is 1. The summed E-state index contributed by atoms with van der Waals surface area (Å²) < 4.78 is 21.4. The molecule has 1 aliphatic rings. The maximum absolute atomic E-state index is 15.2. The van der Waals surface area contributed by atoms with Crippen molar-refractivity contribution in [1.82, 2.24) is 15.3 Å². The molecule has 2 heterocycles. The number of imidazole rings is 1. The summed E-state index contributed by atoms with van der Waals surface area (Å²) in [5.41, 5.74) is 8.98. The third-order valence-electron chi connectivity index (χ3n) is 6.81. The zero-order valence-electron chi connectivity index (χ0n) is 21.5. The van der Waals surface area contributed by atoms with Crippen molar-refractivity contribution in [3.8, 4) is 28.0 Å². The van der Waals surface area contributed by atoms with Gasteiger partial charge in [-0.1, -0.05) is 58.5 Å². The van der Waals surface area contributed by atoms with Gasteiger partial charge in [-0.15, -0.1) is 0 Å². The van der Waals surface area contributed by atoms with Crippen LogP contribution in [0, 0.1) is 11.7 Å². The summed E-state index contributed by atoms with van der Waals surface area (Å²) in [6.45, 7) is 14.7. The molecule has 0 saturated heterocycles. The van der Waals surface area contributed by atoms with Gasteiger partial charge < -0.3 is 15.0 Å². The fraction of sp³-hybridized carbons (Fsp3) is 0.258. The summed E-state index contributed by atoms with van der Waals surface area (Å²) in [5, 5.41) is 3.26. The van der Waals surface area contributed by atoms with Crippen LogP contribution in [0.5, 0.6) is 5.75 Å². The van der Waals surface area contributed by atoms with E-state index in [-0.39, 0.29) is 11.7 Å². The second kappa shape index (κ2) is 9.30. The van der Waals surface area contributed by atoms with E-state index < -0.39 is 0 Å². The average molecular weight is 482 g/mol. The Labute approximate surface area is 211 Å². The molecule has 0 fully saturated rings. The molecule has 5 heteroatoms. The molecule has 0 aliphatic carbocycles. The first kappa shape index (κ1) is 23.9. The third-order valence-corrected chi connectivity index (χ3v) is 6.81. The number of H-pyrrole nitrogens is 1. The van der Waals surface area contributed by atoms with Crippen LogP contribution in [0.4, 0.5) is 4.39 Å². The van der Waals surface area contributed by atoms with Gasteiger partial charge in [-0.05, 0) is 65.4 Å². The number of halogens is 1. The van der Waals surface area contributed by atoms with Crippen LogP contribution >= 0.6 is 0 Å². The second-order valence-electron chi connectivity index (χ2n) is 9.98. The molecule has 0 radical (unpaired) electrons. The molecule has 3 aromatic carbocycles. The van der Waals surface area contributed by atoms with E-state index in [2.05, 4.69) is 68.8 Å². The van der Waals surface area contributed by atoms with Crippen molar-refractivity contribution in [2.45, 2.75) is 47.1 Å². The van der Waals surface area contributed by atoms with Gasteiger partial charge in [0.25, 0.3) is 0 Å². The molecular formula is C31H32FN3O. The minimum atomic E-state index is -0.272. The van der Waals surface area contributed by atoms with Crippen LogP contribution in [0.1, 0.15) is 57.5 Å². The lowest BCUT2D eigenvalue weighted by atomic mass is 9.92. The smallest absolute Gasteiger partial charge is 0.155 e. The van der Waals surface area contributed by atoms with Gasteiger partial charge in [0.1, 0.15) is 23.8 Å². The van der Waals surface area contributed by atoms with E-state index in [0.29, 0.717) is 18.1 Å². The molecule has 4 nitrogen and oxygen atoms in total. The highest BCUT2D eigenvalue weighted by atomic mass is 19.1. The first-order chi connectivity index (χ1) is 17.3. The second-order valence-corrected chi connectivity index (χ2v) is 9.98. The van der Waals surface area contributed by atoms with Gasteiger partial charge in [0.05, 0.1) is 5.52 Å². The van der Waals surface area contributed by atoms with Gasteiger partial charge in [0.15, 0.2) is 5.75 Å². The van der Waals surface area contributed by atoms with Crippen molar-refractivity contribution in [1.29, 1.82) is 0 Å². The fourth-order valence-electron chi connectivity index (χ4n) is 4.53. The van der Waals surface area contributed by atoms with Crippen LogP contribution in [0.3, 0.4) is 0 Å². The maximum atomic E-state index is 15.2. The monoisotopic (exact) mass is 481 g/mol. The van der Waals surface area contributed by atoms with Crippen LogP contribution in [-0.4, -0.2) is 9.97 Å². The number of allylic oxidation sites excluding steroid dienone is 2. The number of rotatable bonds is 6. The first-order valence-corrected chi connectivity index (χ1v) is 12.5. The Morgan fingerprint density at radius 2 is 1.78 bits per heavy atom. The lowest BCUT2D eigenvalue weighted by molar-refractivity contribution is 0.305. The summed E-state index contributed by atoms with van der Waals surface area (Å²) in [4.78, 5) is 8.19. The van der Waals surface area contributed by atoms with Crippen molar-refractivity contribution in [3.05, 3.63) is 89.7 Å². The highest BCUT2D eigenvalue weighted by molar-refractivity contribution is 5.92. The number of nitrogens with zero attached hydrogens (tertiary/aromatic N) is 1. The Morgan fingerprint density at radius 1 is 1.06 bits per heavy atom. The summed E-state index contributed by atoms with van der Waals surface area (Å²) in [6.07, 6.45) is 1.87. The molecule has 0 amide bonds. The molecule has 2 N–H and O–H groups in total. The normalized spacial score (nSPS) is 13.1. The Balaban J connectivity index is 1.47. The Hall–Kier alpha value is -3.86. The molecule has 1 aliphatic heterocycles. The predicted octanol–water partition coefficient (Wildman–Crippen LogP) is 8.17. The quantitative estimate of drug-likeness (QED) is 0.292. The van der Waals surface area contributed by atoms with Crippen LogP contribution in [0.15, 0.2) is 66.9 Å². The molecule has 0 saturated carbocycles. The summed E-state index contributed by atoms with van der Waals surface area (Å²) in [7, 11) is 0. The largest absolute Gasteiger partial charge is 0.486 e. The Kier molecular flexibility index (Phi) is 6.17. The van der Waals surface area contributed by atoms with Crippen molar-refractivity contribution in [3.63, 3.8) is 0 Å². The standard InChI is InChI=1S/C31H32FN3O/c1-7-27(33-19(6)17(2)3)25-11-9-21(15-26(25)32)20-8-10-23-22(14-20)16-36-30-24(23)12-13-28-29(30)35-31(34-28)18(4)5/h7-15,17-18,33H,6,16H2,1-5H3,(H,34,35)/b27-7-. The molecule has 4 aromatic rings. The Morgan fingerprint density at radius 3 is 2.47 bits per heavy atom. The number of nitrogens with one attached hydrogen (secondary N) is 2. The minimum absolute atomic E-state index is 0.256. The predicted molar refractivity (Wildman–Crippen MR) is 146 cm³/mol. The van der Waals surface area contributed by atoms with Crippen LogP contribution < -0.4 is 10.1 Å². The summed E-state index contributed by atoms with van der Waals surface area (Å²) in [6, 6.07) is 15.8. The van der Waals surface area contributed by atoms with E-state index in [1.54, 1.807) is 6.07 Å². The highest BCUT2D eigenvalue weighted by Gasteiger charge is 2.23. The van der Waals surface area contributed by atoms with Gasteiger partial charge >= 0.3 is 0 Å². The summed E-state index contributed by atoms with van der Waals surface area (Å²) in [5.74, 6) is 2.07. The molecule has 36 heavy (non-hydrogen) atoms. The van der Waals surface area contributed by atoms with E-state index in [1.165, 1.54) is 0 Å². The Bertz CT molecular complexity index is 1510. The van der Waals surface area contributed by atoms with Crippen molar-refractivity contribution in [2.75, 3.05) is 0 Å². The van der Waals surface area contributed by atoms with E-state index in [4.69, 9.17) is 9.72 Å². The molecule has 1 aromatic heterocycles. The van der Waals surface area contributed by atoms with E-state index >= 15 is 4.39 Å². The maximum Gasteiger partial charge on any atom is 0.155 e. The number of hydrogen-bond acceptors (Lipinski definition) is 3. The lowest BCUT2D eigenvalue weighted by Gasteiger charge is -2.22. The number of ether oxygens (including phenoxy) is 1. The van der Waals surface area contributed by atoms with Gasteiger partial charge in [-0.3, -0.25) is 0 Å². The molecule has 0 bridgehead atoms. The molecule has 0 spiro atoms. The van der Waals surface area contributed by atoms with Crippen LogP contribution in [0.25, 0.3) is 39.0 Å². The lowest BCUT2D eigenvalue weighted by Crippen LogP contribution is -2.15. The summed E-state index contributed by atoms with van der Waals surface area (Å²) >= 11 is 0. The molecular weight excluding hydrogens is 449 g/mol. The zero-order chi connectivity index (χ0) is 25.6. The van der Waals surface area contributed by atoms with Crippen molar-refractivity contribution >= 4 is 16.7 Å². The van der Waals surface area contributed by atoms with Gasteiger partial charge in [0, 0.05) is 28.4 Å². The van der Waals surface area contributed by atoms with Gasteiger partial charge in [-0.2, -0.15) is 0 Å². The fourth-order valence-corrected chi connectivity index (χ4v) is 4.53. The van der Waals surface area contributed by atoms with Crippen molar-refractivity contribution in [2.24, 2.45) is 5.92 Å². The zero-order valence-corrected chi connectivity index (χ0v) is 21.5. The average Bonchev–Trinajstić information content (AvgIpc) is 3.32. The van der Waals surface area contributed by atoms with Gasteiger partial charge in [-0.25, -0.2) is 9.37 Å². The van der Waals surface area contributed by atoms with Crippen LogP contribution in [0.2, 0.25) is 0 Å². The molecule has 0 unspecified atom stereocenters. The first-order valence-electron chi connectivity index (χ1n) is 12.5. The highest BCUT2D eigenvalue weighted by Crippen LogP contribution is 2.43.